The van der Waals surface area contributed by atoms with Crippen LogP contribution in [-0.2, 0) is 9.84 Å². The van der Waals surface area contributed by atoms with E-state index in [1.54, 1.807) is 24.3 Å². The van der Waals surface area contributed by atoms with Gasteiger partial charge in [0.05, 0.1) is 17.8 Å². The Hall–Kier alpha value is -1.07. The zero-order valence-electron chi connectivity index (χ0n) is 10.4. The predicted octanol–water partition coefficient (Wildman–Crippen LogP) is 1.47. The first-order valence-electron chi connectivity index (χ1n) is 5.56. The molecule has 0 saturated heterocycles. The molecule has 1 N–H and O–H groups in total. The Labute approximate surface area is 103 Å². The van der Waals surface area contributed by atoms with Gasteiger partial charge in [-0.25, -0.2) is 8.42 Å². The molecule has 0 aromatic heterocycles. The highest BCUT2D eigenvalue weighted by Crippen LogP contribution is 2.17. The monoisotopic (exact) mass is 257 g/mol. The summed E-state index contributed by atoms with van der Waals surface area (Å²) >= 11 is 0. The summed E-state index contributed by atoms with van der Waals surface area (Å²) in [6.07, 6.45) is 0. The van der Waals surface area contributed by atoms with Gasteiger partial charge in [-0.2, -0.15) is 0 Å². The van der Waals surface area contributed by atoms with E-state index in [9.17, 15) is 8.42 Å². The maximum Gasteiger partial charge on any atom is 0.179 e. The number of ether oxygens (including phenoxy) is 1. The molecule has 5 heteroatoms. The molecule has 0 unspecified atom stereocenters. The molecule has 0 saturated carbocycles. The van der Waals surface area contributed by atoms with Crippen LogP contribution in [0.4, 0.5) is 0 Å². The minimum absolute atomic E-state index is 0.0956. The first-order chi connectivity index (χ1) is 7.95. The third-order valence-corrected chi connectivity index (χ3v) is 4.04. The SMILES string of the molecule is COc1cccc(S(=O)(=O)CCNC(C)C)c1. The lowest BCUT2D eigenvalue weighted by atomic mass is 10.3. The van der Waals surface area contributed by atoms with E-state index in [2.05, 4.69) is 5.32 Å². The second-order valence-electron chi connectivity index (χ2n) is 4.11. The summed E-state index contributed by atoms with van der Waals surface area (Å²) in [4.78, 5) is 0.308. The minimum atomic E-state index is -3.23. The summed E-state index contributed by atoms with van der Waals surface area (Å²) in [5.74, 6) is 0.654. The van der Waals surface area contributed by atoms with Crippen molar-refractivity contribution in [2.45, 2.75) is 24.8 Å². The van der Waals surface area contributed by atoms with Gasteiger partial charge in [-0.15, -0.1) is 0 Å². The summed E-state index contributed by atoms with van der Waals surface area (Å²) in [6, 6.07) is 6.83. The van der Waals surface area contributed by atoms with Crippen LogP contribution in [0.15, 0.2) is 29.2 Å². The van der Waals surface area contributed by atoms with Gasteiger partial charge < -0.3 is 10.1 Å². The van der Waals surface area contributed by atoms with Crippen LogP contribution < -0.4 is 10.1 Å². The van der Waals surface area contributed by atoms with Crippen molar-refractivity contribution in [2.24, 2.45) is 0 Å². The Bertz CT molecular complexity index is 455. The third-order valence-electron chi connectivity index (χ3n) is 2.32. The van der Waals surface area contributed by atoms with Gasteiger partial charge in [0.15, 0.2) is 9.84 Å². The molecule has 17 heavy (non-hydrogen) atoms. The molecule has 0 atom stereocenters. The molecule has 96 valence electrons. The average molecular weight is 257 g/mol. The first kappa shape index (κ1) is 14.0. The molecular formula is C12H19NO3S. The Morgan fingerprint density at radius 1 is 1.35 bits per heavy atom. The molecule has 0 heterocycles. The first-order valence-corrected chi connectivity index (χ1v) is 7.21. The molecule has 0 fully saturated rings. The van der Waals surface area contributed by atoms with Crippen molar-refractivity contribution in [3.8, 4) is 5.75 Å². The van der Waals surface area contributed by atoms with Gasteiger partial charge in [0.2, 0.25) is 0 Å². The Morgan fingerprint density at radius 3 is 2.65 bits per heavy atom. The number of nitrogens with one attached hydrogen (secondary N) is 1. The van der Waals surface area contributed by atoms with Crippen molar-refractivity contribution >= 4 is 9.84 Å². The van der Waals surface area contributed by atoms with Gasteiger partial charge in [0.1, 0.15) is 5.75 Å². The van der Waals surface area contributed by atoms with Gasteiger partial charge >= 0.3 is 0 Å². The fourth-order valence-electron chi connectivity index (χ4n) is 1.39. The van der Waals surface area contributed by atoms with Crippen LogP contribution in [0, 0.1) is 0 Å². The minimum Gasteiger partial charge on any atom is -0.497 e. The van der Waals surface area contributed by atoms with E-state index in [0.29, 0.717) is 17.2 Å². The molecule has 1 aromatic carbocycles. The van der Waals surface area contributed by atoms with E-state index in [-0.39, 0.29) is 11.8 Å². The predicted molar refractivity (Wildman–Crippen MR) is 68.2 cm³/mol. The van der Waals surface area contributed by atoms with E-state index in [4.69, 9.17) is 4.74 Å². The summed E-state index contributed by atoms with van der Waals surface area (Å²) < 4.78 is 29.0. The van der Waals surface area contributed by atoms with Gasteiger partial charge in [-0.1, -0.05) is 19.9 Å². The zero-order valence-corrected chi connectivity index (χ0v) is 11.3. The lowest BCUT2D eigenvalue weighted by Crippen LogP contribution is -2.28. The average Bonchev–Trinajstić information content (AvgIpc) is 2.28. The van der Waals surface area contributed by atoms with E-state index >= 15 is 0 Å². The van der Waals surface area contributed by atoms with Gasteiger partial charge in [-0.05, 0) is 18.2 Å². The number of sulfone groups is 1. The highest BCUT2D eigenvalue weighted by molar-refractivity contribution is 7.91. The second-order valence-corrected chi connectivity index (χ2v) is 6.22. The number of hydrogen-bond donors (Lipinski definition) is 1. The van der Waals surface area contributed by atoms with Gasteiger partial charge in [0, 0.05) is 12.6 Å². The van der Waals surface area contributed by atoms with Crippen molar-refractivity contribution in [2.75, 3.05) is 19.4 Å². The molecule has 4 nitrogen and oxygen atoms in total. The maximum atomic E-state index is 12.0. The standard InChI is InChI=1S/C12H19NO3S/c1-10(2)13-7-8-17(14,15)12-6-4-5-11(9-12)16-3/h4-6,9-10,13H,7-8H2,1-3H3. The Morgan fingerprint density at radius 2 is 2.06 bits per heavy atom. The molecule has 1 rings (SSSR count). The van der Waals surface area contributed by atoms with E-state index in [0.717, 1.165) is 0 Å². The Kier molecular flexibility index (Phi) is 4.96. The van der Waals surface area contributed by atoms with Crippen LogP contribution in [-0.4, -0.2) is 33.9 Å². The molecule has 0 aliphatic rings. The number of hydrogen-bond acceptors (Lipinski definition) is 4. The summed E-state index contributed by atoms with van der Waals surface area (Å²) in [5, 5.41) is 3.09. The van der Waals surface area contributed by atoms with Crippen molar-refractivity contribution < 1.29 is 13.2 Å². The van der Waals surface area contributed by atoms with Crippen LogP contribution in [0.3, 0.4) is 0 Å². The fraction of sp³-hybridized carbons (Fsp3) is 0.500. The zero-order chi connectivity index (χ0) is 12.9. The highest BCUT2D eigenvalue weighted by Gasteiger charge is 2.14. The molecule has 0 spiro atoms. The number of benzene rings is 1. The van der Waals surface area contributed by atoms with Gasteiger partial charge in [0.25, 0.3) is 0 Å². The number of methoxy groups -OCH3 is 1. The summed E-state index contributed by atoms with van der Waals surface area (Å²) in [5.41, 5.74) is 0. The second kappa shape index (κ2) is 6.02. The largest absolute Gasteiger partial charge is 0.497 e. The molecule has 0 aliphatic carbocycles. The van der Waals surface area contributed by atoms with Crippen molar-refractivity contribution in [1.82, 2.24) is 5.32 Å². The summed E-state index contributed by atoms with van der Waals surface area (Å²) in [7, 11) is -1.71. The van der Waals surface area contributed by atoms with Crippen LogP contribution in [0.25, 0.3) is 0 Å². The van der Waals surface area contributed by atoms with E-state index < -0.39 is 9.84 Å². The quantitative estimate of drug-likeness (QED) is 0.838. The molecule has 0 amide bonds. The lowest BCUT2D eigenvalue weighted by molar-refractivity contribution is 0.413. The van der Waals surface area contributed by atoms with Crippen LogP contribution in [0.2, 0.25) is 0 Å². The molecule has 0 aliphatic heterocycles. The molecule has 0 radical (unpaired) electrons. The van der Waals surface area contributed by atoms with Crippen molar-refractivity contribution in [1.29, 1.82) is 0 Å². The molecule has 0 bridgehead atoms. The third kappa shape index (κ3) is 4.36. The van der Waals surface area contributed by atoms with Crippen LogP contribution in [0.5, 0.6) is 5.75 Å². The molecular weight excluding hydrogens is 238 g/mol. The highest BCUT2D eigenvalue weighted by atomic mass is 32.2. The van der Waals surface area contributed by atoms with E-state index in [1.165, 1.54) is 7.11 Å². The summed E-state index contributed by atoms with van der Waals surface area (Å²) in [6.45, 7) is 4.42. The van der Waals surface area contributed by atoms with E-state index in [1.807, 2.05) is 13.8 Å². The smallest absolute Gasteiger partial charge is 0.179 e. The Balaban J connectivity index is 2.75. The van der Waals surface area contributed by atoms with Crippen LogP contribution >= 0.6 is 0 Å². The fourth-order valence-corrected chi connectivity index (χ4v) is 2.60. The topological polar surface area (TPSA) is 55.4 Å². The van der Waals surface area contributed by atoms with Crippen molar-refractivity contribution in [3.05, 3.63) is 24.3 Å². The van der Waals surface area contributed by atoms with Crippen molar-refractivity contribution in [3.63, 3.8) is 0 Å². The van der Waals surface area contributed by atoms with Crippen LogP contribution in [0.1, 0.15) is 13.8 Å². The maximum absolute atomic E-state index is 12.0. The number of rotatable bonds is 6. The molecule has 1 aromatic rings. The normalized spacial score (nSPS) is 11.8. The van der Waals surface area contributed by atoms with Gasteiger partial charge in [-0.3, -0.25) is 0 Å². The lowest BCUT2D eigenvalue weighted by Gasteiger charge is -2.09.